The molecule has 0 amide bonds. The van der Waals surface area contributed by atoms with Crippen molar-refractivity contribution in [3.05, 3.63) is 52.6 Å². The fraction of sp³-hybridized carbons (Fsp3) is 0.333. The molecular formula is C18H24N2. The van der Waals surface area contributed by atoms with Gasteiger partial charge in [0.05, 0.1) is 11.4 Å². The van der Waals surface area contributed by atoms with Crippen LogP contribution in [0, 0.1) is 13.8 Å². The number of aryl methyl sites for hydroxylation is 3. The molecule has 0 aliphatic carbocycles. The zero-order valence-corrected chi connectivity index (χ0v) is 12.9. The molecule has 2 heteroatoms. The van der Waals surface area contributed by atoms with Gasteiger partial charge >= 0.3 is 0 Å². The second-order valence-corrected chi connectivity index (χ2v) is 5.32. The van der Waals surface area contributed by atoms with Gasteiger partial charge in [0, 0.05) is 5.69 Å². The lowest BCUT2D eigenvalue weighted by atomic mass is 9.99. The summed E-state index contributed by atoms with van der Waals surface area (Å²) in [7, 11) is 0. The molecule has 0 fully saturated rings. The first kappa shape index (κ1) is 14.4. The number of rotatable bonds is 4. The van der Waals surface area contributed by atoms with Gasteiger partial charge in [-0.25, -0.2) is 0 Å². The molecule has 0 bridgehead atoms. The molecule has 0 heterocycles. The lowest BCUT2D eigenvalue weighted by Gasteiger charge is -2.18. The van der Waals surface area contributed by atoms with Crippen molar-refractivity contribution >= 4 is 17.1 Å². The van der Waals surface area contributed by atoms with Gasteiger partial charge in [0.1, 0.15) is 0 Å². The first-order valence-electron chi connectivity index (χ1n) is 7.31. The second-order valence-electron chi connectivity index (χ2n) is 5.32. The maximum absolute atomic E-state index is 6.19. The lowest BCUT2D eigenvalue weighted by Crippen LogP contribution is -2.04. The van der Waals surface area contributed by atoms with E-state index in [1.807, 2.05) is 6.07 Å². The highest BCUT2D eigenvalue weighted by Gasteiger charge is 2.11. The van der Waals surface area contributed by atoms with Crippen molar-refractivity contribution in [2.45, 2.75) is 40.5 Å². The molecule has 0 aliphatic heterocycles. The van der Waals surface area contributed by atoms with E-state index in [2.05, 4.69) is 57.3 Å². The zero-order chi connectivity index (χ0) is 14.7. The summed E-state index contributed by atoms with van der Waals surface area (Å²) in [6, 6.07) is 10.6. The Morgan fingerprint density at radius 2 is 1.75 bits per heavy atom. The van der Waals surface area contributed by atoms with Crippen molar-refractivity contribution in [3.63, 3.8) is 0 Å². The smallest absolute Gasteiger partial charge is 0.0653 e. The SMILES string of the molecule is CCc1ccc(N)c(Nc2cc(C)ccc2C)c1CC. The summed E-state index contributed by atoms with van der Waals surface area (Å²) in [5, 5.41) is 3.55. The Morgan fingerprint density at radius 3 is 2.40 bits per heavy atom. The van der Waals surface area contributed by atoms with E-state index in [0.29, 0.717) is 0 Å². The minimum atomic E-state index is 0.819. The van der Waals surface area contributed by atoms with E-state index in [1.54, 1.807) is 0 Å². The monoisotopic (exact) mass is 268 g/mol. The van der Waals surface area contributed by atoms with Gasteiger partial charge in [-0.1, -0.05) is 32.0 Å². The highest BCUT2D eigenvalue weighted by atomic mass is 14.9. The van der Waals surface area contributed by atoms with Gasteiger partial charge < -0.3 is 11.1 Å². The van der Waals surface area contributed by atoms with Crippen LogP contribution in [-0.4, -0.2) is 0 Å². The van der Waals surface area contributed by atoms with Gasteiger partial charge in [-0.05, 0) is 61.1 Å². The summed E-state index contributed by atoms with van der Waals surface area (Å²) < 4.78 is 0. The summed E-state index contributed by atoms with van der Waals surface area (Å²) in [6.07, 6.45) is 2.02. The van der Waals surface area contributed by atoms with Gasteiger partial charge in [0.15, 0.2) is 0 Å². The predicted molar refractivity (Wildman–Crippen MR) is 88.8 cm³/mol. The Bertz CT molecular complexity index is 615. The number of hydrogen-bond donors (Lipinski definition) is 2. The average molecular weight is 268 g/mol. The molecule has 0 radical (unpaired) electrons. The van der Waals surface area contributed by atoms with Crippen LogP contribution in [0.3, 0.4) is 0 Å². The predicted octanol–water partition coefficient (Wildman–Crippen LogP) is 4.75. The van der Waals surface area contributed by atoms with Gasteiger partial charge in [-0.2, -0.15) is 0 Å². The number of anilines is 3. The van der Waals surface area contributed by atoms with Crippen LogP contribution in [0.15, 0.2) is 30.3 Å². The Hall–Kier alpha value is -1.96. The Labute approximate surface area is 122 Å². The number of nitrogens with one attached hydrogen (secondary N) is 1. The molecule has 0 saturated heterocycles. The highest BCUT2D eigenvalue weighted by molar-refractivity contribution is 5.78. The van der Waals surface area contributed by atoms with Crippen molar-refractivity contribution in [3.8, 4) is 0 Å². The van der Waals surface area contributed by atoms with Gasteiger partial charge in [-0.15, -0.1) is 0 Å². The molecule has 2 rings (SSSR count). The number of nitrogen functional groups attached to an aromatic ring is 1. The maximum Gasteiger partial charge on any atom is 0.0653 e. The van der Waals surface area contributed by atoms with E-state index < -0.39 is 0 Å². The van der Waals surface area contributed by atoms with E-state index in [-0.39, 0.29) is 0 Å². The van der Waals surface area contributed by atoms with E-state index in [1.165, 1.54) is 22.3 Å². The molecule has 0 aromatic heterocycles. The first-order valence-corrected chi connectivity index (χ1v) is 7.31. The van der Waals surface area contributed by atoms with Crippen LogP contribution < -0.4 is 11.1 Å². The minimum Gasteiger partial charge on any atom is -0.397 e. The largest absolute Gasteiger partial charge is 0.397 e. The first-order chi connectivity index (χ1) is 9.56. The van der Waals surface area contributed by atoms with E-state index in [4.69, 9.17) is 5.73 Å². The van der Waals surface area contributed by atoms with E-state index in [9.17, 15) is 0 Å². The third-order valence-electron chi connectivity index (χ3n) is 3.83. The van der Waals surface area contributed by atoms with Crippen molar-refractivity contribution < 1.29 is 0 Å². The fourth-order valence-corrected chi connectivity index (χ4v) is 2.60. The van der Waals surface area contributed by atoms with E-state index in [0.717, 1.165) is 29.9 Å². The summed E-state index contributed by atoms with van der Waals surface area (Å²) >= 11 is 0. The maximum atomic E-state index is 6.19. The van der Waals surface area contributed by atoms with Crippen LogP contribution in [0.2, 0.25) is 0 Å². The third-order valence-corrected chi connectivity index (χ3v) is 3.83. The van der Waals surface area contributed by atoms with Crippen molar-refractivity contribution in [2.24, 2.45) is 0 Å². The average Bonchev–Trinajstić information content (AvgIpc) is 2.44. The molecule has 2 nitrogen and oxygen atoms in total. The summed E-state index contributed by atoms with van der Waals surface area (Å²) in [5.41, 5.74) is 14.4. The molecule has 2 aromatic carbocycles. The highest BCUT2D eigenvalue weighted by Crippen LogP contribution is 2.32. The van der Waals surface area contributed by atoms with Crippen LogP contribution in [0.25, 0.3) is 0 Å². The van der Waals surface area contributed by atoms with Gasteiger partial charge in [0.25, 0.3) is 0 Å². The molecule has 20 heavy (non-hydrogen) atoms. The molecule has 2 aromatic rings. The third kappa shape index (κ3) is 2.79. The standard InChI is InChI=1S/C18H24N2/c1-5-14-9-10-16(19)18(15(14)6-2)20-17-11-12(3)7-8-13(17)4/h7-11,20H,5-6,19H2,1-4H3. The molecule has 0 aliphatic rings. The van der Waals surface area contributed by atoms with Crippen molar-refractivity contribution in [1.82, 2.24) is 0 Å². The number of benzene rings is 2. The molecule has 0 atom stereocenters. The normalized spacial score (nSPS) is 10.6. The molecule has 3 N–H and O–H groups in total. The van der Waals surface area contributed by atoms with Crippen LogP contribution in [0.5, 0.6) is 0 Å². The summed E-state index contributed by atoms with van der Waals surface area (Å²) in [5.74, 6) is 0. The topological polar surface area (TPSA) is 38.0 Å². The zero-order valence-electron chi connectivity index (χ0n) is 12.9. The van der Waals surface area contributed by atoms with Crippen LogP contribution in [-0.2, 0) is 12.8 Å². The lowest BCUT2D eigenvalue weighted by molar-refractivity contribution is 1.04. The Morgan fingerprint density at radius 1 is 1.00 bits per heavy atom. The minimum absolute atomic E-state index is 0.819. The molecule has 0 saturated carbocycles. The fourth-order valence-electron chi connectivity index (χ4n) is 2.60. The van der Waals surface area contributed by atoms with Crippen LogP contribution in [0.4, 0.5) is 17.1 Å². The molecule has 0 spiro atoms. The summed E-state index contributed by atoms with van der Waals surface area (Å²) in [6.45, 7) is 8.60. The number of hydrogen-bond acceptors (Lipinski definition) is 2. The Balaban J connectivity index is 2.50. The molecular weight excluding hydrogens is 244 g/mol. The van der Waals surface area contributed by atoms with Crippen LogP contribution >= 0.6 is 0 Å². The Kier molecular flexibility index (Phi) is 4.33. The van der Waals surface area contributed by atoms with Crippen molar-refractivity contribution in [1.29, 1.82) is 0 Å². The molecule has 106 valence electrons. The summed E-state index contributed by atoms with van der Waals surface area (Å²) in [4.78, 5) is 0. The second kappa shape index (κ2) is 6.00. The quantitative estimate of drug-likeness (QED) is 0.785. The van der Waals surface area contributed by atoms with Gasteiger partial charge in [-0.3, -0.25) is 0 Å². The van der Waals surface area contributed by atoms with Gasteiger partial charge in [0.2, 0.25) is 0 Å². The number of nitrogens with two attached hydrogens (primary N) is 1. The van der Waals surface area contributed by atoms with E-state index >= 15 is 0 Å². The molecule has 0 unspecified atom stereocenters. The van der Waals surface area contributed by atoms with Crippen LogP contribution in [0.1, 0.15) is 36.1 Å². The van der Waals surface area contributed by atoms with Crippen molar-refractivity contribution in [2.75, 3.05) is 11.1 Å².